The second-order valence-corrected chi connectivity index (χ2v) is 7.83. The van der Waals surface area contributed by atoms with E-state index in [0.29, 0.717) is 35.1 Å². The van der Waals surface area contributed by atoms with Gasteiger partial charge in [0.1, 0.15) is 6.33 Å². The number of nitrogens with zero attached hydrogens (tertiary/aromatic N) is 3. The summed E-state index contributed by atoms with van der Waals surface area (Å²) in [6.07, 6.45) is 3.70. The van der Waals surface area contributed by atoms with Crippen molar-refractivity contribution in [3.8, 4) is 5.88 Å². The Labute approximate surface area is 153 Å². The van der Waals surface area contributed by atoms with Crippen molar-refractivity contribution in [3.63, 3.8) is 0 Å². The Balaban J connectivity index is 0.000000948. The molecule has 3 aromatic rings. The summed E-state index contributed by atoms with van der Waals surface area (Å²) in [5.41, 5.74) is 0.919. The van der Waals surface area contributed by atoms with Crippen LogP contribution in [0.1, 0.15) is 32.4 Å². The summed E-state index contributed by atoms with van der Waals surface area (Å²) in [7, 11) is -3.72. The van der Waals surface area contributed by atoms with Gasteiger partial charge in [-0.2, -0.15) is 0 Å². The number of aryl methyl sites for hydroxylation is 1. The predicted molar refractivity (Wildman–Crippen MR) is 101 cm³/mol. The third kappa shape index (κ3) is 3.44. The van der Waals surface area contributed by atoms with Crippen LogP contribution in [0.3, 0.4) is 0 Å². The summed E-state index contributed by atoms with van der Waals surface area (Å²) in [6.45, 7) is 6.36. The minimum Gasteiger partial charge on any atom is -0.477 e. The Morgan fingerprint density at radius 2 is 1.85 bits per heavy atom. The maximum atomic E-state index is 13.0. The van der Waals surface area contributed by atoms with Gasteiger partial charge in [-0.1, -0.05) is 32.0 Å². The summed E-state index contributed by atoms with van der Waals surface area (Å²) < 4.78 is 33.0. The number of aromatic nitrogens is 3. The number of benzene rings is 1. The zero-order valence-electron chi connectivity index (χ0n) is 15.2. The van der Waals surface area contributed by atoms with Crippen LogP contribution in [0, 0.1) is 12.8 Å². The highest BCUT2D eigenvalue weighted by Gasteiger charge is 2.26. The molecule has 4 rings (SSSR count). The second kappa shape index (κ2) is 7.45. The highest BCUT2D eigenvalue weighted by molar-refractivity contribution is 7.90. The van der Waals surface area contributed by atoms with Crippen molar-refractivity contribution in [2.24, 2.45) is 5.92 Å². The smallest absolute Gasteiger partial charge is 0.269 e. The first-order valence-electron chi connectivity index (χ1n) is 8.84. The molecule has 26 heavy (non-hydrogen) atoms. The number of fused-ring (bicyclic) bond motifs is 1. The lowest BCUT2D eigenvalue weighted by atomic mass is 10.3. The van der Waals surface area contributed by atoms with Crippen LogP contribution >= 0.6 is 0 Å². The first-order chi connectivity index (χ1) is 12.6. The predicted octanol–water partition coefficient (Wildman–Crippen LogP) is 3.79. The van der Waals surface area contributed by atoms with Crippen LogP contribution < -0.4 is 4.74 Å². The van der Waals surface area contributed by atoms with Crippen molar-refractivity contribution in [1.29, 1.82) is 0 Å². The summed E-state index contributed by atoms with van der Waals surface area (Å²) in [6, 6.07) is 10.1. The van der Waals surface area contributed by atoms with Crippen LogP contribution in [-0.4, -0.2) is 29.0 Å². The SMILES string of the molecule is CC.Cc1cc2c(OCC3CC3)ncnc2n1S(=O)(=O)c1ccccc1. The van der Waals surface area contributed by atoms with Gasteiger partial charge in [-0.15, -0.1) is 0 Å². The highest BCUT2D eigenvalue weighted by Crippen LogP contribution is 2.32. The molecule has 0 saturated heterocycles. The molecule has 0 unspecified atom stereocenters. The maximum absolute atomic E-state index is 13.0. The molecule has 1 fully saturated rings. The number of hydrogen-bond donors (Lipinski definition) is 0. The average molecular weight is 373 g/mol. The van der Waals surface area contributed by atoms with Crippen molar-refractivity contribution in [1.82, 2.24) is 13.9 Å². The summed E-state index contributed by atoms with van der Waals surface area (Å²) in [5.74, 6) is 1.03. The molecule has 0 bridgehead atoms. The van der Waals surface area contributed by atoms with Crippen LogP contribution in [0.25, 0.3) is 11.0 Å². The van der Waals surface area contributed by atoms with E-state index < -0.39 is 10.0 Å². The van der Waals surface area contributed by atoms with E-state index in [1.165, 1.54) is 23.1 Å². The molecule has 138 valence electrons. The maximum Gasteiger partial charge on any atom is 0.269 e. The van der Waals surface area contributed by atoms with Crippen molar-refractivity contribution in [2.75, 3.05) is 6.61 Å². The Morgan fingerprint density at radius 1 is 1.15 bits per heavy atom. The molecular weight excluding hydrogens is 350 g/mol. The van der Waals surface area contributed by atoms with Crippen molar-refractivity contribution in [3.05, 3.63) is 48.4 Å². The Hall–Kier alpha value is -2.41. The van der Waals surface area contributed by atoms with Crippen LogP contribution in [-0.2, 0) is 10.0 Å². The number of rotatable bonds is 5. The van der Waals surface area contributed by atoms with Crippen LogP contribution in [0.2, 0.25) is 0 Å². The molecule has 0 N–H and O–H groups in total. The third-order valence-electron chi connectivity index (χ3n) is 4.13. The van der Waals surface area contributed by atoms with Gasteiger partial charge >= 0.3 is 0 Å². The minimum absolute atomic E-state index is 0.227. The van der Waals surface area contributed by atoms with E-state index in [1.54, 1.807) is 43.3 Å². The van der Waals surface area contributed by atoms with Crippen molar-refractivity contribution >= 4 is 21.1 Å². The Morgan fingerprint density at radius 3 is 2.50 bits per heavy atom. The van der Waals surface area contributed by atoms with Gasteiger partial charge in [-0.05, 0) is 43.9 Å². The standard InChI is InChI=1S/C17H17N3O3S.C2H6/c1-12-9-15-16(18-11-19-17(15)23-10-13-7-8-13)20(12)24(21,22)14-5-3-2-4-6-14;1-2/h2-6,9,11,13H,7-8,10H2,1H3;1-2H3. The Bertz CT molecular complexity index is 994. The van der Waals surface area contributed by atoms with Crippen LogP contribution in [0.4, 0.5) is 0 Å². The van der Waals surface area contributed by atoms with Crippen LogP contribution in [0.5, 0.6) is 5.88 Å². The van der Waals surface area contributed by atoms with Gasteiger partial charge in [0.15, 0.2) is 5.65 Å². The first kappa shape index (κ1) is 18.4. The van der Waals surface area contributed by atoms with E-state index in [2.05, 4.69) is 9.97 Å². The molecule has 1 saturated carbocycles. The molecule has 0 aliphatic heterocycles. The fourth-order valence-electron chi connectivity index (χ4n) is 2.69. The van der Waals surface area contributed by atoms with E-state index in [-0.39, 0.29) is 4.90 Å². The molecule has 0 amide bonds. The van der Waals surface area contributed by atoms with Crippen molar-refractivity contribution < 1.29 is 13.2 Å². The van der Waals surface area contributed by atoms with Gasteiger partial charge in [-0.25, -0.2) is 22.4 Å². The molecule has 6 nitrogen and oxygen atoms in total. The van der Waals surface area contributed by atoms with E-state index >= 15 is 0 Å². The van der Waals surface area contributed by atoms with Gasteiger partial charge in [0, 0.05) is 5.69 Å². The molecule has 0 radical (unpaired) electrons. The van der Waals surface area contributed by atoms with Gasteiger partial charge in [0.2, 0.25) is 5.88 Å². The number of hydrogen-bond acceptors (Lipinski definition) is 5. The number of ether oxygens (including phenoxy) is 1. The largest absolute Gasteiger partial charge is 0.477 e. The highest BCUT2D eigenvalue weighted by atomic mass is 32.2. The summed E-state index contributed by atoms with van der Waals surface area (Å²) in [5, 5.41) is 0.621. The first-order valence-corrected chi connectivity index (χ1v) is 10.3. The summed E-state index contributed by atoms with van der Waals surface area (Å²) in [4.78, 5) is 8.59. The summed E-state index contributed by atoms with van der Waals surface area (Å²) >= 11 is 0. The van der Waals surface area contributed by atoms with E-state index in [1.807, 2.05) is 13.8 Å². The molecule has 1 aromatic carbocycles. The lowest BCUT2D eigenvalue weighted by Crippen LogP contribution is -2.14. The van der Waals surface area contributed by atoms with Crippen molar-refractivity contribution in [2.45, 2.75) is 38.5 Å². The van der Waals surface area contributed by atoms with Gasteiger partial charge in [0.25, 0.3) is 10.0 Å². The molecule has 1 aliphatic rings. The van der Waals surface area contributed by atoms with Gasteiger partial charge < -0.3 is 4.74 Å². The van der Waals surface area contributed by atoms with Gasteiger partial charge in [0.05, 0.1) is 16.9 Å². The molecule has 1 aliphatic carbocycles. The second-order valence-electron chi connectivity index (χ2n) is 6.04. The lowest BCUT2D eigenvalue weighted by molar-refractivity contribution is 0.292. The molecule has 7 heteroatoms. The fraction of sp³-hybridized carbons (Fsp3) is 0.368. The molecule has 2 heterocycles. The van der Waals surface area contributed by atoms with E-state index in [0.717, 1.165) is 0 Å². The molecule has 0 atom stereocenters. The molecule has 2 aromatic heterocycles. The van der Waals surface area contributed by atoms with E-state index in [4.69, 9.17) is 4.74 Å². The topological polar surface area (TPSA) is 74.1 Å². The van der Waals surface area contributed by atoms with Crippen LogP contribution in [0.15, 0.2) is 47.6 Å². The average Bonchev–Trinajstić information content (AvgIpc) is 3.42. The van der Waals surface area contributed by atoms with E-state index in [9.17, 15) is 8.42 Å². The normalized spacial score (nSPS) is 14.0. The molecular formula is C19H23N3O3S. The minimum atomic E-state index is -3.72. The zero-order valence-corrected chi connectivity index (χ0v) is 16.0. The third-order valence-corrected chi connectivity index (χ3v) is 5.94. The lowest BCUT2D eigenvalue weighted by Gasteiger charge is -2.09. The monoisotopic (exact) mass is 373 g/mol. The zero-order chi connectivity index (χ0) is 18.7. The Kier molecular flexibility index (Phi) is 5.27. The molecule has 0 spiro atoms. The van der Waals surface area contributed by atoms with Gasteiger partial charge in [-0.3, -0.25) is 0 Å². The fourth-order valence-corrected chi connectivity index (χ4v) is 4.21. The quantitative estimate of drug-likeness (QED) is 0.680.